The molecule has 0 spiro atoms. The van der Waals surface area contributed by atoms with E-state index in [1.165, 1.54) is 36.6 Å². The van der Waals surface area contributed by atoms with Crippen molar-refractivity contribution in [1.29, 1.82) is 0 Å². The Balaban J connectivity index is 1.45. The first-order chi connectivity index (χ1) is 17.5. The van der Waals surface area contributed by atoms with Gasteiger partial charge in [0.25, 0.3) is 0 Å². The van der Waals surface area contributed by atoms with Crippen LogP contribution in [0.1, 0.15) is 57.9 Å². The fourth-order valence-corrected chi connectivity index (χ4v) is 5.25. The second kappa shape index (κ2) is 15.1. The van der Waals surface area contributed by atoms with Crippen molar-refractivity contribution in [3.8, 4) is 0 Å². The molecule has 36 heavy (non-hydrogen) atoms. The number of halogens is 1. The van der Waals surface area contributed by atoms with Crippen molar-refractivity contribution in [2.24, 2.45) is 0 Å². The Morgan fingerprint density at radius 3 is 2.64 bits per heavy atom. The molecular formula is C27H38ClN5O2S. The van der Waals surface area contributed by atoms with E-state index >= 15 is 0 Å². The second-order valence-corrected chi connectivity index (χ2v) is 10.6. The van der Waals surface area contributed by atoms with E-state index in [9.17, 15) is 9.59 Å². The van der Waals surface area contributed by atoms with Crippen LogP contribution in [0, 0.1) is 0 Å². The number of unbranched alkanes of at least 4 members (excludes halogenated alkanes) is 4. The molecule has 2 heterocycles. The first kappa shape index (κ1) is 28.3. The minimum Gasteiger partial charge on any atom is -0.355 e. The predicted octanol–water partition coefficient (Wildman–Crippen LogP) is 4.98. The summed E-state index contributed by atoms with van der Waals surface area (Å²) >= 11 is 7.57. The number of anilines is 1. The molecule has 0 saturated carbocycles. The van der Waals surface area contributed by atoms with Crippen LogP contribution in [0.2, 0.25) is 5.15 Å². The van der Waals surface area contributed by atoms with Crippen LogP contribution in [0.5, 0.6) is 0 Å². The lowest BCUT2D eigenvalue weighted by molar-refractivity contribution is -0.133. The summed E-state index contributed by atoms with van der Waals surface area (Å²) in [6, 6.07) is 11.9. The van der Waals surface area contributed by atoms with Gasteiger partial charge in [0.2, 0.25) is 11.8 Å². The van der Waals surface area contributed by atoms with Gasteiger partial charge in [-0.3, -0.25) is 9.59 Å². The third-order valence-electron chi connectivity index (χ3n) is 6.34. The van der Waals surface area contributed by atoms with Gasteiger partial charge < -0.3 is 15.1 Å². The zero-order valence-electron chi connectivity index (χ0n) is 21.4. The van der Waals surface area contributed by atoms with Gasteiger partial charge in [-0.2, -0.15) is 0 Å². The van der Waals surface area contributed by atoms with E-state index in [1.54, 1.807) is 6.07 Å². The summed E-state index contributed by atoms with van der Waals surface area (Å²) in [5.74, 6) is 1.15. The molecule has 2 amide bonds. The highest BCUT2D eigenvalue weighted by atomic mass is 35.5. The fraction of sp³-hybridized carbons (Fsp3) is 0.556. The standard InChI is InChI=1S/C27H38ClN5O2S/c1-3-4-5-6-10-13-26(35)33-17-16-32(19-21(33)2)24-18-23(28)30-27(31-24)36-20-25(34)29-15-14-22-11-8-7-9-12-22/h7-9,11-12,18,21H,3-6,10,13-17,19-20H2,1-2H3,(H,29,34). The quantitative estimate of drug-likeness (QED) is 0.170. The first-order valence-electron chi connectivity index (χ1n) is 13.0. The molecule has 1 aliphatic rings. The summed E-state index contributed by atoms with van der Waals surface area (Å²) < 4.78 is 0. The van der Waals surface area contributed by atoms with E-state index in [1.807, 2.05) is 35.2 Å². The maximum absolute atomic E-state index is 12.7. The molecule has 1 aliphatic heterocycles. The molecule has 1 N–H and O–H groups in total. The molecule has 1 aromatic heterocycles. The fourth-order valence-electron chi connectivity index (χ4n) is 4.34. The number of hydrogen-bond donors (Lipinski definition) is 1. The van der Waals surface area contributed by atoms with Crippen LogP contribution in [0.15, 0.2) is 41.6 Å². The van der Waals surface area contributed by atoms with E-state index in [0.717, 1.165) is 25.1 Å². The monoisotopic (exact) mass is 531 g/mol. The van der Waals surface area contributed by atoms with Crippen LogP contribution >= 0.6 is 23.4 Å². The first-order valence-corrected chi connectivity index (χ1v) is 14.3. The number of nitrogens with one attached hydrogen (secondary N) is 1. The van der Waals surface area contributed by atoms with Crippen molar-refractivity contribution in [1.82, 2.24) is 20.2 Å². The van der Waals surface area contributed by atoms with Gasteiger partial charge in [0.05, 0.1) is 5.75 Å². The Bertz CT molecular complexity index is 978. The molecule has 9 heteroatoms. The topological polar surface area (TPSA) is 78.4 Å². The van der Waals surface area contributed by atoms with Gasteiger partial charge in [0.1, 0.15) is 11.0 Å². The van der Waals surface area contributed by atoms with Crippen molar-refractivity contribution < 1.29 is 9.59 Å². The maximum atomic E-state index is 12.7. The molecule has 1 saturated heterocycles. The number of nitrogens with zero attached hydrogens (tertiary/aromatic N) is 4. The summed E-state index contributed by atoms with van der Waals surface area (Å²) in [6.07, 6.45) is 7.16. The zero-order chi connectivity index (χ0) is 25.8. The molecule has 1 atom stereocenters. The van der Waals surface area contributed by atoms with Crippen molar-refractivity contribution in [3.63, 3.8) is 0 Å². The summed E-state index contributed by atoms with van der Waals surface area (Å²) in [7, 11) is 0. The predicted molar refractivity (Wildman–Crippen MR) is 148 cm³/mol. The smallest absolute Gasteiger partial charge is 0.230 e. The average molecular weight is 532 g/mol. The van der Waals surface area contributed by atoms with Crippen LogP contribution in [-0.4, -0.2) is 64.7 Å². The Morgan fingerprint density at radius 2 is 1.89 bits per heavy atom. The number of aromatic nitrogens is 2. The third kappa shape index (κ3) is 9.28. The molecule has 196 valence electrons. The van der Waals surface area contributed by atoms with E-state index in [-0.39, 0.29) is 23.6 Å². The van der Waals surface area contributed by atoms with E-state index in [0.29, 0.717) is 42.9 Å². The Morgan fingerprint density at radius 1 is 1.11 bits per heavy atom. The molecule has 0 bridgehead atoms. The van der Waals surface area contributed by atoms with Crippen LogP contribution in [0.3, 0.4) is 0 Å². The molecule has 3 rings (SSSR count). The number of carbonyl (C=O) groups is 2. The molecule has 1 unspecified atom stereocenters. The minimum atomic E-state index is -0.0588. The molecule has 1 fully saturated rings. The van der Waals surface area contributed by atoms with Crippen molar-refractivity contribution in [2.45, 2.75) is 70.0 Å². The molecular weight excluding hydrogens is 494 g/mol. The highest BCUT2D eigenvalue weighted by molar-refractivity contribution is 7.99. The normalized spacial score (nSPS) is 15.7. The highest BCUT2D eigenvalue weighted by Crippen LogP contribution is 2.24. The number of thioether (sulfide) groups is 1. The van der Waals surface area contributed by atoms with Crippen LogP contribution in [-0.2, 0) is 16.0 Å². The number of piperazine rings is 1. The summed E-state index contributed by atoms with van der Waals surface area (Å²) in [5.41, 5.74) is 1.19. The van der Waals surface area contributed by atoms with Gasteiger partial charge in [-0.1, -0.05) is 86.3 Å². The molecule has 0 radical (unpaired) electrons. The number of benzene rings is 1. The third-order valence-corrected chi connectivity index (χ3v) is 7.38. The maximum Gasteiger partial charge on any atom is 0.230 e. The summed E-state index contributed by atoms with van der Waals surface area (Å²) in [6.45, 7) is 6.93. The lowest BCUT2D eigenvalue weighted by Crippen LogP contribution is -2.54. The van der Waals surface area contributed by atoms with Gasteiger partial charge in [0.15, 0.2) is 5.16 Å². The SMILES string of the molecule is CCCCCCCC(=O)N1CCN(c2cc(Cl)nc(SCC(=O)NCCc3ccccc3)n2)CC1C. The van der Waals surface area contributed by atoms with Crippen LogP contribution in [0.4, 0.5) is 5.82 Å². The van der Waals surface area contributed by atoms with Crippen molar-refractivity contribution in [3.05, 3.63) is 47.1 Å². The lowest BCUT2D eigenvalue weighted by atomic mass is 10.1. The number of rotatable bonds is 13. The van der Waals surface area contributed by atoms with E-state index in [2.05, 4.69) is 34.0 Å². The van der Waals surface area contributed by atoms with Gasteiger partial charge in [-0.25, -0.2) is 9.97 Å². The van der Waals surface area contributed by atoms with Gasteiger partial charge in [-0.05, 0) is 25.3 Å². The number of carbonyl (C=O) groups excluding carboxylic acids is 2. The Labute approximate surface area is 224 Å². The second-order valence-electron chi connectivity index (χ2n) is 9.25. The van der Waals surface area contributed by atoms with Crippen molar-refractivity contribution in [2.75, 3.05) is 36.8 Å². The summed E-state index contributed by atoms with van der Waals surface area (Å²) in [4.78, 5) is 38.1. The molecule has 7 nitrogen and oxygen atoms in total. The van der Waals surface area contributed by atoms with E-state index < -0.39 is 0 Å². The minimum absolute atomic E-state index is 0.0588. The van der Waals surface area contributed by atoms with Gasteiger partial charge >= 0.3 is 0 Å². The van der Waals surface area contributed by atoms with Crippen LogP contribution in [0.25, 0.3) is 0 Å². The average Bonchev–Trinajstić information content (AvgIpc) is 2.87. The van der Waals surface area contributed by atoms with Gasteiger partial charge in [-0.15, -0.1) is 0 Å². The Hall–Kier alpha value is -2.32. The van der Waals surface area contributed by atoms with Crippen molar-refractivity contribution >= 4 is 41.0 Å². The molecule has 2 aromatic rings. The number of hydrogen-bond acceptors (Lipinski definition) is 6. The lowest BCUT2D eigenvalue weighted by Gasteiger charge is -2.40. The number of amides is 2. The van der Waals surface area contributed by atoms with Crippen LogP contribution < -0.4 is 10.2 Å². The zero-order valence-corrected chi connectivity index (χ0v) is 23.0. The van der Waals surface area contributed by atoms with Gasteiger partial charge in [0, 0.05) is 44.7 Å². The highest BCUT2D eigenvalue weighted by Gasteiger charge is 2.28. The Kier molecular flexibility index (Phi) is 11.8. The molecule has 0 aliphatic carbocycles. The van der Waals surface area contributed by atoms with E-state index in [4.69, 9.17) is 11.6 Å². The molecule has 1 aromatic carbocycles. The summed E-state index contributed by atoms with van der Waals surface area (Å²) in [5, 5.41) is 3.78. The largest absolute Gasteiger partial charge is 0.355 e.